The monoisotopic (exact) mass is 336 g/mol. The molecule has 1 atom stereocenters. The van der Waals surface area contributed by atoms with Crippen molar-refractivity contribution >= 4 is 32.3 Å². The van der Waals surface area contributed by atoms with Crippen molar-refractivity contribution in [3.8, 4) is 6.07 Å². The molecule has 1 aromatic heterocycles. The highest BCUT2D eigenvalue weighted by atomic mass is 79.9. The summed E-state index contributed by atoms with van der Waals surface area (Å²) in [6.07, 6.45) is 0. The number of rotatable bonds is 3. The smallest absolute Gasteiger partial charge is 0.258 e. The van der Waals surface area contributed by atoms with Crippen LogP contribution in [-0.4, -0.2) is 4.92 Å². The fourth-order valence-corrected chi connectivity index (χ4v) is 3.40. The van der Waals surface area contributed by atoms with Gasteiger partial charge in [0.1, 0.15) is 5.41 Å². The van der Waals surface area contributed by atoms with Crippen molar-refractivity contribution < 1.29 is 4.92 Å². The summed E-state index contributed by atoms with van der Waals surface area (Å²) < 4.78 is 0.645. The van der Waals surface area contributed by atoms with Crippen LogP contribution in [0.3, 0.4) is 0 Å². The molecular formula is C13H9BrN2O2S. The van der Waals surface area contributed by atoms with E-state index in [2.05, 4.69) is 22.0 Å². The van der Waals surface area contributed by atoms with E-state index >= 15 is 0 Å². The molecule has 0 radical (unpaired) electrons. The molecule has 0 amide bonds. The summed E-state index contributed by atoms with van der Waals surface area (Å²) in [5.74, 6) is 0. The second-order valence-corrected chi connectivity index (χ2v) is 6.54. The van der Waals surface area contributed by atoms with Gasteiger partial charge >= 0.3 is 5.00 Å². The van der Waals surface area contributed by atoms with E-state index in [1.54, 1.807) is 25.1 Å². The third-order valence-corrected chi connectivity index (χ3v) is 4.55. The first kappa shape index (κ1) is 13.7. The van der Waals surface area contributed by atoms with Crippen molar-refractivity contribution in [2.24, 2.45) is 0 Å². The first-order chi connectivity index (χ1) is 8.99. The molecule has 1 unspecified atom stereocenters. The van der Waals surface area contributed by atoms with Crippen molar-refractivity contribution in [2.75, 3.05) is 0 Å². The Bertz CT molecular complexity index is 663. The third-order valence-electron chi connectivity index (χ3n) is 2.96. The molecule has 0 fully saturated rings. The summed E-state index contributed by atoms with van der Waals surface area (Å²) in [4.78, 5) is 10.7. The maximum absolute atomic E-state index is 11.1. The molecule has 19 heavy (non-hydrogen) atoms. The average Bonchev–Trinajstić information content (AvgIpc) is 2.82. The molecule has 2 rings (SSSR count). The number of nitrogens with zero attached hydrogens (tertiary/aromatic N) is 2. The van der Waals surface area contributed by atoms with Gasteiger partial charge in [-0.3, -0.25) is 10.1 Å². The van der Waals surface area contributed by atoms with Crippen LogP contribution in [0, 0.1) is 21.4 Å². The highest BCUT2D eigenvalue weighted by Gasteiger charge is 2.37. The first-order valence-electron chi connectivity index (χ1n) is 5.40. The minimum absolute atomic E-state index is 0.000205. The molecule has 0 aliphatic heterocycles. The minimum Gasteiger partial charge on any atom is -0.258 e. The lowest BCUT2D eigenvalue weighted by Gasteiger charge is -2.20. The SMILES string of the molecule is CC(C#N)(c1ccccc1)c1cc(Br)sc1[N+](=O)[O-]. The van der Waals surface area contributed by atoms with Gasteiger partial charge < -0.3 is 0 Å². The Balaban J connectivity index is 2.67. The van der Waals surface area contributed by atoms with Crippen molar-refractivity contribution in [3.63, 3.8) is 0 Å². The quantitative estimate of drug-likeness (QED) is 0.621. The Morgan fingerprint density at radius 2 is 2.05 bits per heavy atom. The summed E-state index contributed by atoms with van der Waals surface area (Å²) in [7, 11) is 0. The number of nitro groups is 1. The summed E-state index contributed by atoms with van der Waals surface area (Å²) in [6, 6.07) is 12.9. The molecule has 0 saturated carbocycles. The Morgan fingerprint density at radius 1 is 1.42 bits per heavy atom. The predicted molar refractivity (Wildman–Crippen MR) is 77.2 cm³/mol. The van der Waals surface area contributed by atoms with E-state index in [-0.39, 0.29) is 5.00 Å². The van der Waals surface area contributed by atoms with Gasteiger partial charge in [0.2, 0.25) is 0 Å². The minimum atomic E-state index is -1.04. The largest absolute Gasteiger partial charge is 0.330 e. The van der Waals surface area contributed by atoms with E-state index < -0.39 is 10.3 Å². The van der Waals surface area contributed by atoms with Gasteiger partial charge in [-0.15, -0.1) is 0 Å². The number of benzene rings is 1. The van der Waals surface area contributed by atoms with Crippen molar-refractivity contribution in [3.05, 3.63) is 61.4 Å². The van der Waals surface area contributed by atoms with Crippen LogP contribution < -0.4 is 0 Å². The normalized spacial score (nSPS) is 13.5. The van der Waals surface area contributed by atoms with E-state index in [1.807, 2.05) is 18.2 Å². The number of halogens is 1. The van der Waals surface area contributed by atoms with Crippen molar-refractivity contribution in [2.45, 2.75) is 12.3 Å². The van der Waals surface area contributed by atoms with Crippen LogP contribution >= 0.6 is 27.3 Å². The van der Waals surface area contributed by atoms with Crippen LogP contribution in [0.25, 0.3) is 0 Å². The Morgan fingerprint density at radius 3 is 2.58 bits per heavy atom. The van der Waals surface area contributed by atoms with Gasteiger partial charge in [-0.2, -0.15) is 5.26 Å². The lowest BCUT2D eigenvalue weighted by molar-refractivity contribution is -0.381. The fourth-order valence-electron chi connectivity index (χ4n) is 1.90. The molecule has 6 heteroatoms. The zero-order valence-electron chi connectivity index (χ0n) is 9.96. The van der Waals surface area contributed by atoms with E-state index in [4.69, 9.17) is 0 Å². The third kappa shape index (κ3) is 2.39. The van der Waals surface area contributed by atoms with Crippen molar-refractivity contribution in [1.82, 2.24) is 0 Å². The van der Waals surface area contributed by atoms with Gasteiger partial charge in [-0.05, 0) is 34.5 Å². The van der Waals surface area contributed by atoms with Crippen LogP contribution in [-0.2, 0) is 5.41 Å². The fraction of sp³-hybridized carbons (Fsp3) is 0.154. The molecule has 2 aromatic rings. The summed E-state index contributed by atoms with van der Waals surface area (Å²) in [6.45, 7) is 1.70. The van der Waals surface area contributed by atoms with E-state index in [9.17, 15) is 15.4 Å². The second kappa shape index (κ2) is 5.11. The molecule has 0 aliphatic carbocycles. The molecule has 4 nitrogen and oxygen atoms in total. The topological polar surface area (TPSA) is 66.9 Å². The average molecular weight is 337 g/mol. The predicted octanol–water partition coefficient (Wildman–Crippen LogP) is 4.25. The van der Waals surface area contributed by atoms with Crippen LogP contribution in [0.1, 0.15) is 18.1 Å². The molecule has 0 bridgehead atoms. The second-order valence-electron chi connectivity index (χ2n) is 4.13. The lowest BCUT2D eigenvalue weighted by Crippen LogP contribution is -2.21. The standard InChI is InChI=1S/C13H9BrN2O2S/c1-13(8-15,9-5-3-2-4-6-9)10-7-11(14)19-12(10)16(17)18/h2-7H,1H3. The van der Waals surface area contributed by atoms with Gasteiger partial charge in [-0.25, -0.2) is 0 Å². The highest BCUT2D eigenvalue weighted by molar-refractivity contribution is 9.11. The number of hydrogen-bond donors (Lipinski definition) is 0. The van der Waals surface area contributed by atoms with Crippen LogP contribution in [0.5, 0.6) is 0 Å². The van der Waals surface area contributed by atoms with Crippen LogP contribution in [0.4, 0.5) is 5.00 Å². The molecular weight excluding hydrogens is 328 g/mol. The Hall–Kier alpha value is -1.71. The maximum Gasteiger partial charge on any atom is 0.330 e. The molecule has 0 saturated heterocycles. The van der Waals surface area contributed by atoms with E-state index in [0.717, 1.165) is 16.9 Å². The molecule has 0 N–H and O–H groups in total. The van der Waals surface area contributed by atoms with Crippen LogP contribution in [0.2, 0.25) is 0 Å². The van der Waals surface area contributed by atoms with Gasteiger partial charge in [-0.1, -0.05) is 41.7 Å². The molecule has 96 valence electrons. The van der Waals surface area contributed by atoms with Crippen molar-refractivity contribution in [1.29, 1.82) is 5.26 Å². The number of nitriles is 1. The van der Waals surface area contributed by atoms with E-state index in [0.29, 0.717) is 9.35 Å². The molecule has 0 spiro atoms. The van der Waals surface area contributed by atoms with E-state index in [1.165, 1.54) is 0 Å². The number of thiophene rings is 1. The van der Waals surface area contributed by atoms with Gasteiger partial charge in [0.25, 0.3) is 0 Å². The van der Waals surface area contributed by atoms with Gasteiger partial charge in [0.05, 0.1) is 20.3 Å². The first-order valence-corrected chi connectivity index (χ1v) is 7.01. The maximum atomic E-state index is 11.1. The summed E-state index contributed by atoms with van der Waals surface area (Å²) in [5, 5.41) is 20.6. The Labute approximate surface area is 122 Å². The number of hydrogen-bond acceptors (Lipinski definition) is 4. The Kier molecular flexibility index (Phi) is 3.69. The van der Waals surface area contributed by atoms with Crippen LogP contribution in [0.15, 0.2) is 40.2 Å². The zero-order valence-corrected chi connectivity index (χ0v) is 12.4. The zero-order chi connectivity index (χ0) is 14.0. The lowest BCUT2D eigenvalue weighted by atomic mass is 9.78. The van der Waals surface area contributed by atoms with Gasteiger partial charge in [0, 0.05) is 0 Å². The molecule has 0 aliphatic rings. The molecule has 1 heterocycles. The summed E-state index contributed by atoms with van der Waals surface area (Å²) >= 11 is 4.28. The highest BCUT2D eigenvalue weighted by Crippen LogP contribution is 2.43. The summed E-state index contributed by atoms with van der Waals surface area (Å²) in [5.41, 5.74) is 0.126. The molecule has 1 aromatic carbocycles. The van der Waals surface area contributed by atoms with Gasteiger partial charge in [0.15, 0.2) is 0 Å².